The summed E-state index contributed by atoms with van der Waals surface area (Å²) in [7, 11) is 0. The van der Waals surface area contributed by atoms with E-state index in [1.807, 2.05) is 18.3 Å². The highest BCUT2D eigenvalue weighted by Crippen LogP contribution is 2.26. The molecule has 31 heavy (non-hydrogen) atoms. The summed E-state index contributed by atoms with van der Waals surface area (Å²) >= 11 is 0. The number of pyridine rings is 1. The van der Waals surface area contributed by atoms with E-state index < -0.39 is 0 Å². The maximum absolute atomic E-state index is 14.6. The molecule has 0 fully saturated rings. The van der Waals surface area contributed by atoms with Crippen LogP contribution in [0.1, 0.15) is 91.0 Å². The van der Waals surface area contributed by atoms with Crippen molar-refractivity contribution in [2.45, 2.75) is 91.9 Å². The Bertz CT molecular complexity index is 741. The molecule has 1 heterocycles. The van der Waals surface area contributed by atoms with Gasteiger partial charge in [0.2, 0.25) is 0 Å². The van der Waals surface area contributed by atoms with Gasteiger partial charge in [0.15, 0.2) is 0 Å². The van der Waals surface area contributed by atoms with Gasteiger partial charge in [-0.1, -0.05) is 85.1 Å². The number of hydrogen-bond acceptors (Lipinski definition) is 2. The number of aromatic nitrogens is 1. The van der Waals surface area contributed by atoms with Crippen LogP contribution >= 0.6 is 0 Å². The summed E-state index contributed by atoms with van der Waals surface area (Å²) in [5.74, 6) is 1.74. The normalized spacial score (nSPS) is 12.3. The van der Waals surface area contributed by atoms with Crippen LogP contribution < -0.4 is 4.74 Å². The average molecular weight is 428 g/mol. The molecule has 2 nitrogen and oxygen atoms in total. The van der Waals surface area contributed by atoms with E-state index in [1.54, 1.807) is 6.07 Å². The van der Waals surface area contributed by atoms with E-state index in [0.717, 1.165) is 18.8 Å². The fraction of sp³-hybridized carbons (Fsp3) is 0.607. The number of ether oxygens (including phenoxy) is 1. The molecule has 0 spiro atoms. The third-order valence-corrected chi connectivity index (χ3v) is 5.87. The molecular formula is C28H42FNO. The van der Waals surface area contributed by atoms with Gasteiger partial charge < -0.3 is 4.74 Å². The third-order valence-electron chi connectivity index (χ3n) is 5.87. The molecule has 172 valence electrons. The fourth-order valence-electron chi connectivity index (χ4n) is 3.95. The molecule has 0 bridgehead atoms. The Balaban J connectivity index is 1.82. The first-order valence-corrected chi connectivity index (χ1v) is 12.4. The molecule has 0 aliphatic heterocycles. The predicted molar refractivity (Wildman–Crippen MR) is 130 cm³/mol. The molecule has 0 N–H and O–H groups in total. The summed E-state index contributed by atoms with van der Waals surface area (Å²) in [6.45, 7) is 9.73. The zero-order chi connectivity index (χ0) is 22.5. The second-order valence-electron chi connectivity index (χ2n) is 9.44. The summed E-state index contributed by atoms with van der Waals surface area (Å²) in [5.41, 5.74) is 2.43. The van der Waals surface area contributed by atoms with Crippen molar-refractivity contribution >= 4 is 0 Å². The number of hydrogen-bond donors (Lipinski definition) is 0. The average Bonchev–Trinajstić information content (AvgIpc) is 2.74. The molecule has 0 aliphatic carbocycles. The first-order valence-electron chi connectivity index (χ1n) is 12.4. The van der Waals surface area contributed by atoms with Crippen LogP contribution in [0.25, 0.3) is 11.3 Å². The maximum Gasteiger partial charge on any atom is 0.136 e. The number of benzene rings is 1. The van der Waals surface area contributed by atoms with Gasteiger partial charge in [-0.15, -0.1) is 0 Å². The van der Waals surface area contributed by atoms with Gasteiger partial charge in [-0.05, 0) is 48.4 Å². The van der Waals surface area contributed by atoms with Gasteiger partial charge in [-0.3, -0.25) is 4.98 Å². The number of unbranched alkanes of at least 4 members (excludes halogenated alkanes) is 5. The fourth-order valence-corrected chi connectivity index (χ4v) is 3.95. The van der Waals surface area contributed by atoms with Crippen molar-refractivity contribution in [2.75, 3.05) is 6.61 Å². The third kappa shape index (κ3) is 9.84. The molecule has 1 atom stereocenters. The molecule has 0 saturated carbocycles. The van der Waals surface area contributed by atoms with Gasteiger partial charge in [0, 0.05) is 17.8 Å². The minimum absolute atomic E-state index is 0.275. The molecule has 2 aromatic rings. The molecule has 2 rings (SSSR count). The minimum Gasteiger partial charge on any atom is -0.493 e. The number of nitrogens with zero attached hydrogens (tertiary/aromatic N) is 1. The molecule has 0 saturated heterocycles. The zero-order valence-electron chi connectivity index (χ0n) is 20.1. The molecule has 0 aliphatic rings. The molecule has 0 radical (unpaired) electrons. The smallest absolute Gasteiger partial charge is 0.136 e. The Labute approximate surface area is 189 Å². The quantitative estimate of drug-likeness (QED) is 0.265. The van der Waals surface area contributed by atoms with E-state index >= 15 is 0 Å². The lowest BCUT2D eigenvalue weighted by molar-refractivity contribution is 0.303. The van der Waals surface area contributed by atoms with Crippen LogP contribution in [0.3, 0.4) is 0 Å². The lowest BCUT2D eigenvalue weighted by Gasteiger charge is -2.13. The summed E-state index contributed by atoms with van der Waals surface area (Å²) in [6.07, 6.45) is 14.1. The SMILES string of the molecule is CCCCCCCCOc1ccc(-c2ccc(CC(C)CCCC(C)C)cn2)c(F)c1. The van der Waals surface area contributed by atoms with Crippen LogP contribution in [0.15, 0.2) is 36.5 Å². The highest BCUT2D eigenvalue weighted by Gasteiger charge is 2.10. The predicted octanol–water partition coefficient (Wildman–Crippen LogP) is 8.63. The van der Waals surface area contributed by atoms with Gasteiger partial charge in [-0.25, -0.2) is 4.39 Å². The monoisotopic (exact) mass is 427 g/mol. The number of halogens is 1. The molecule has 3 heteroatoms. The summed E-state index contributed by atoms with van der Waals surface area (Å²) < 4.78 is 20.4. The second-order valence-corrected chi connectivity index (χ2v) is 9.44. The van der Waals surface area contributed by atoms with E-state index in [4.69, 9.17) is 4.74 Å². The van der Waals surface area contributed by atoms with Gasteiger partial charge in [0.05, 0.1) is 12.3 Å². The van der Waals surface area contributed by atoms with Gasteiger partial charge >= 0.3 is 0 Å². The highest BCUT2D eigenvalue weighted by atomic mass is 19.1. The van der Waals surface area contributed by atoms with Crippen molar-refractivity contribution in [3.8, 4) is 17.0 Å². The van der Waals surface area contributed by atoms with Crippen LogP contribution in [-0.4, -0.2) is 11.6 Å². The Hall–Kier alpha value is -1.90. The molecule has 0 amide bonds. The van der Waals surface area contributed by atoms with Gasteiger partial charge in [0.25, 0.3) is 0 Å². The van der Waals surface area contributed by atoms with Crippen LogP contribution in [-0.2, 0) is 6.42 Å². The summed E-state index contributed by atoms with van der Waals surface area (Å²) in [4.78, 5) is 4.53. The van der Waals surface area contributed by atoms with Crippen LogP contribution in [0.2, 0.25) is 0 Å². The van der Waals surface area contributed by atoms with Gasteiger partial charge in [-0.2, -0.15) is 0 Å². The molecule has 1 unspecified atom stereocenters. The standard InChI is InChI=1S/C28H42FNO/c1-5-6-7-8-9-10-18-31-25-15-16-26(27(29)20-25)28-17-14-24(21-30-28)19-23(4)13-11-12-22(2)3/h14-17,20-23H,5-13,18-19H2,1-4H3. The van der Waals surface area contributed by atoms with Crippen molar-refractivity contribution in [1.82, 2.24) is 4.98 Å². The topological polar surface area (TPSA) is 22.1 Å². The van der Waals surface area contributed by atoms with Crippen molar-refractivity contribution in [3.05, 3.63) is 47.9 Å². The van der Waals surface area contributed by atoms with E-state index in [2.05, 4.69) is 38.7 Å². The van der Waals surface area contributed by atoms with Crippen LogP contribution in [0.4, 0.5) is 4.39 Å². The van der Waals surface area contributed by atoms with E-state index in [0.29, 0.717) is 29.5 Å². The summed E-state index contributed by atoms with van der Waals surface area (Å²) in [5, 5.41) is 0. The maximum atomic E-state index is 14.6. The molecule has 1 aromatic heterocycles. The largest absolute Gasteiger partial charge is 0.493 e. The first-order chi connectivity index (χ1) is 15.0. The molecule has 1 aromatic carbocycles. The lowest BCUT2D eigenvalue weighted by Crippen LogP contribution is -2.02. The lowest BCUT2D eigenvalue weighted by atomic mass is 9.94. The number of rotatable bonds is 15. The van der Waals surface area contributed by atoms with E-state index in [1.165, 1.54) is 63.0 Å². The van der Waals surface area contributed by atoms with Crippen molar-refractivity contribution in [2.24, 2.45) is 11.8 Å². The van der Waals surface area contributed by atoms with Crippen molar-refractivity contribution in [3.63, 3.8) is 0 Å². The van der Waals surface area contributed by atoms with Crippen LogP contribution in [0.5, 0.6) is 5.75 Å². The Morgan fingerprint density at radius 2 is 1.68 bits per heavy atom. The minimum atomic E-state index is -0.275. The Kier molecular flexibility index (Phi) is 11.6. The second kappa shape index (κ2) is 14.2. The van der Waals surface area contributed by atoms with E-state index in [-0.39, 0.29) is 5.82 Å². The van der Waals surface area contributed by atoms with Gasteiger partial charge in [0.1, 0.15) is 11.6 Å². The molecular weight excluding hydrogens is 385 g/mol. The highest BCUT2D eigenvalue weighted by molar-refractivity contribution is 5.61. The Morgan fingerprint density at radius 1 is 0.903 bits per heavy atom. The summed E-state index contributed by atoms with van der Waals surface area (Å²) in [6, 6.07) is 9.14. The van der Waals surface area contributed by atoms with Crippen molar-refractivity contribution < 1.29 is 9.13 Å². The Morgan fingerprint density at radius 3 is 2.35 bits per heavy atom. The van der Waals surface area contributed by atoms with Crippen LogP contribution in [0, 0.1) is 17.7 Å². The first kappa shape index (κ1) is 25.4. The van der Waals surface area contributed by atoms with Crippen molar-refractivity contribution in [1.29, 1.82) is 0 Å². The van der Waals surface area contributed by atoms with E-state index in [9.17, 15) is 4.39 Å². The zero-order valence-corrected chi connectivity index (χ0v) is 20.1.